The molecule has 2 heterocycles. The molecule has 0 saturated carbocycles. The highest BCUT2D eigenvalue weighted by atomic mass is 35.5. The molecule has 0 radical (unpaired) electrons. The lowest BCUT2D eigenvalue weighted by molar-refractivity contribution is -0.134. The minimum Gasteiger partial charge on any atom is -0.459 e. The molecule has 9 heteroatoms. The SMILES string of the molecule is Cn1ccc2cc(C(c3[nH]cnc3-c3ccc(F)c(Cl)c3)C(OC=O)c3cccc(Cl)c3F)ccc21. The second kappa shape index (κ2) is 9.76. The molecule has 182 valence electrons. The number of nitrogens with zero attached hydrogens (tertiary/aromatic N) is 2. The highest BCUT2D eigenvalue weighted by Gasteiger charge is 2.34. The number of fused-ring (bicyclic) bond motifs is 1. The molecule has 2 atom stereocenters. The summed E-state index contributed by atoms with van der Waals surface area (Å²) in [5, 5.41) is 0.784. The predicted molar refractivity (Wildman–Crippen MR) is 135 cm³/mol. The van der Waals surface area contributed by atoms with E-state index < -0.39 is 23.7 Å². The smallest absolute Gasteiger partial charge is 0.293 e. The maximum Gasteiger partial charge on any atom is 0.293 e. The Balaban J connectivity index is 1.75. The third-order valence-electron chi connectivity index (χ3n) is 6.23. The first-order valence-electron chi connectivity index (χ1n) is 11.0. The molecule has 0 spiro atoms. The molecule has 0 aliphatic rings. The average molecular weight is 526 g/mol. The van der Waals surface area contributed by atoms with E-state index in [-0.39, 0.29) is 22.1 Å². The molecule has 0 amide bonds. The van der Waals surface area contributed by atoms with E-state index in [1.807, 2.05) is 42.1 Å². The molecular formula is C27H19Cl2F2N3O2. The summed E-state index contributed by atoms with van der Waals surface area (Å²) in [6.07, 6.45) is 2.31. The summed E-state index contributed by atoms with van der Waals surface area (Å²) in [6, 6.07) is 16.5. The van der Waals surface area contributed by atoms with Crippen molar-refractivity contribution < 1.29 is 18.3 Å². The van der Waals surface area contributed by atoms with E-state index in [4.69, 9.17) is 27.9 Å². The lowest BCUT2D eigenvalue weighted by Crippen LogP contribution is -2.18. The monoisotopic (exact) mass is 525 g/mol. The van der Waals surface area contributed by atoms with Crippen LogP contribution >= 0.6 is 23.2 Å². The summed E-state index contributed by atoms with van der Waals surface area (Å²) in [5.41, 5.74) is 3.36. The summed E-state index contributed by atoms with van der Waals surface area (Å²) in [7, 11) is 1.93. The Labute approximate surface area is 215 Å². The van der Waals surface area contributed by atoms with Gasteiger partial charge in [0, 0.05) is 29.9 Å². The fourth-order valence-corrected chi connectivity index (χ4v) is 4.90. The molecule has 2 unspecified atom stereocenters. The third kappa shape index (κ3) is 4.25. The van der Waals surface area contributed by atoms with Crippen molar-refractivity contribution in [3.8, 4) is 11.3 Å². The number of ether oxygens (including phenoxy) is 1. The van der Waals surface area contributed by atoms with Gasteiger partial charge in [0.25, 0.3) is 6.47 Å². The van der Waals surface area contributed by atoms with Crippen molar-refractivity contribution in [2.45, 2.75) is 12.0 Å². The third-order valence-corrected chi connectivity index (χ3v) is 6.82. The molecule has 0 aliphatic heterocycles. The Bertz CT molecular complexity index is 1580. The minimum atomic E-state index is -1.10. The number of H-pyrrole nitrogens is 1. The number of aryl methyl sites for hydroxylation is 1. The molecule has 3 aromatic carbocycles. The lowest BCUT2D eigenvalue weighted by atomic mass is 9.84. The van der Waals surface area contributed by atoms with E-state index in [0.29, 0.717) is 17.0 Å². The normalized spacial score (nSPS) is 13.0. The highest BCUT2D eigenvalue weighted by Crippen LogP contribution is 2.44. The fraction of sp³-hybridized carbons (Fsp3) is 0.111. The standard InChI is InChI=1S/C27H19Cl2F2N3O2/c1-34-10-9-15-11-16(6-8-22(15)34)23(27(36-14-35)18-3-2-4-19(28)24(18)31)26-25(32-13-33-26)17-5-7-21(30)20(29)12-17/h2-14,23,27H,1H3,(H,32,33). The molecule has 0 aliphatic carbocycles. The topological polar surface area (TPSA) is 59.9 Å². The number of benzene rings is 3. The van der Waals surface area contributed by atoms with Crippen molar-refractivity contribution >= 4 is 40.6 Å². The van der Waals surface area contributed by atoms with Gasteiger partial charge >= 0.3 is 0 Å². The van der Waals surface area contributed by atoms with Gasteiger partial charge in [0.2, 0.25) is 0 Å². The Kier molecular flexibility index (Phi) is 6.51. The van der Waals surface area contributed by atoms with Gasteiger partial charge in [0.15, 0.2) is 0 Å². The number of carbonyl (C=O) groups excluding carboxylic acids is 1. The maximum absolute atomic E-state index is 15.3. The molecule has 0 bridgehead atoms. The minimum absolute atomic E-state index is 0.0646. The van der Waals surface area contributed by atoms with Crippen LogP contribution < -0.4 is 0 Å². The van der Waals surface area contributed by atoms with Crippen LogP contribution in [0.15, 0.2) is 73.2 Å². The van der Waals surface area contributed by atoms with Crippen LogP contribution in [0.25, 0.3) is 22.2 Å². The number of rotatable bonds is 7. The molecule has 1 N–H and O–H groups in total. The zero-order valence-electron chi connectivity index (χ0n) is 18.9. The van der Waals surface area contributed by atoms with E-state index in [1.165, 1.54) is 30.6 Å². The van der Waals surface area contributed by atoms with E-state index in [0.717, 1.165) is 16.5 Å². The number of hydrogen-bond donors (Lipinski definition) is 1. The summed E-state index contributed by atoms with van der Waals surface area (Å²) in [4.78, 5) is 19.2. The van der Waals surface area contributed by atoms with Crippen molar-refractivity contribution in [2.75, 3.05) is 0 Å². The zero-order valence-corrected chi connectivity index (χ0v) is 20.4. The average Bonchev–Trinajstić information content (AvgIpc) is 3.49. The quantitative estimate of drug-likeness (QED) is 0.228. The van der Waals surface area contributed by atoms with Gasteiger partial charge in [-0.25, -0.2) is 13.8 Å². The second-order valence-corrected chi connectivity index (χ2v) is 9.13. The fourth-order valence-electron chi connectivity index (χ4n) is 4.53. The maximum atomic E-state index is 15.3. The number of imidazole rings is 1. The number of nitrogens with one attached hydrogen (secondary N) is 1. The van der Waals surface area contributed by atoms with Crippen molar-refractivity contribution in [1.82, 2.24) is 14.5 Å². The van der Waals surface area contributed by atoms with Crippen molar-refractivity contribution in [1.29, 1.82) is 0 Å². The first kappa shape index (κ1) is 24.0. The van der Waals surface area contributed by atoms with E-state index in [2.05, 4.69) is 9.97 Å². The van der Waals surface area contributed by atoms with Crippen molar-refractivity contribution in [3.63, 3.8) is 0 Å². The Hall–Kier alpha value is -3.68. The molecule has 0 fully saturated rings. The van der Waals surface area contributed by atoms with Crippen LogP contribution in [0.1, 0.15) is 28.8 Å². The zero-order chi connectivity index (χ0) is 25.4. The van der Waals surface area contributed by atoms with Crippen LogP contribution in [0.4, 0.5) is 8.78 Å². The van der Waals surface area contributed by atoms with Crippen LogP contribution in [-0.2, 0) is 16.6 Å². The summed E-state index contributed by atoms with van der Waals surface area (Å²) < 4.78 is 36.6. The van der Waals surface area contributed by atoms with Crippen LogP contribution in [0.5, 0.6) is 0 Å². The Morgan fingerprint density at radius 1 is 1.06 bits per heavy atom. The van der Waals surface area contributed by atoms with Crippen molar-refractivity contribution in [3.05, 3.63) is 112 Å². The van der Waals surface area contributed by atoms with Crippen LogP contribution in [0.3, 0.4) is 0 Å². The van der Waals surface area contributed by atoms with Gasteiger partial charge in [-0.2, -0.15) is 0 Å². The van der Waals surface area contributed by atoms with Gasteiger partial charge < -0.3 is 14.3 Å². The molecular weight excluding hydrogens is 507 g/mol. The van der Waals surface area contributed by atoms with Gasteiger partial charge in [-0.1, -0.05) is 41.4 Å². The van der Waals surface area contributed by atoms with Crippen LogP contribution in [-0.4, -0.2) is 21.0 Å². The van der Waals surface area contributed by atoms with Gasteiger partial charge in [-0.05, 0) is 53.4 Å². The van der Waals surface area contributed by atoms with E-state index >= 15 is 4.39 Å². The number of aromatic amines is 1. The molecule has 0 saturated heterocycles. The summed E-state index contributed by atoms with van der Waals surface area (Å²) in [5.74, 6) is -1.98. The number of aromatic nitrogens is 3. The second-order valence-electron chi connectivity index (χ2n) is 8.31. The molecule has 5 nitrogen and oxygen atoms in total. The number of hydrogen-bond acceptors (Lipinski definition) is 3. The van der Waals surface area contributed by atoms with Gasteiger partial charge in [-0.15, -0.1) is 0 Å². The lowest BCUT2D eigenvalue weighted by Gasteiger charge is -2.27. The number of carbonyl (C=O) groups is 1. The largest absolute Gasteiger partial charge is 0.459 e. The van der Waals surface area contributed by atoms with Crippen LogP contribution in [0.2, 0.25) is 10.0 Å². The first-order valence-corrected chi connectivity index (χ1v) is 11.7. The molecule has 5 aromatic rings. The van der Waals surface area contributed by atoms with Gasteiger partial charge in [0.05, 0.1) is 33.7 Å². The van der Waals surface area contributed by atoms with Crippen LogP contribution in [0, 0.1) is 11.6 Å². The number of halogens is 4. The highest BCUT2D eigenvalue weighted by molar-refractivity contribution is 6.31. The van der Waals surface area contributed by atoms with Crippen molar-refractivity contribution in [2.24, 2.45) is 7.05 Å². The molecule has 2 aromatic heterocycles. The first-order chi connectivity index (χ1) is 17.4. The molecule has 36 heavy (non-hydrogen) atoms. The predicted octanol–water partition coefficient (Wildman–Crippen LogP) is 7.20. The summed E-state index contributed by atoms with van der Waals surface area (Å²) >= 11 is 12.1. The summed E-state index contributed by atoms with van der Waals surface area (Å²) in [6.45, 7) is 0.282. The Morgan fingerprint density at radius 2 is 1.89 bits per heavy atom. The van der Waals surface area contributed by atoms with Gasteiger partial charge in [0.1, 0.15) is 17.7 Å². The Morgan fingerprint density at radius 3 is 2.67 bits per heavy atom. The molecule has 5 rings (SSSR count). The van der Waals surface area contributed by atoms with E-state index in [1.54, 1.807) is 12.1 Å². The van der Waals surface area contributed by atoms with E-state index in [9.17, 15) is 9.18 Å². The van der Waals surface area contributed by atoms with Gasteiger partial charge in [-0.3, -0.25) is 4.79 Å².